The highest BCUT2D eigenvalue weighted by Gasteiger charge is 2.08. The third-order valence-corrected chi connectivity index (χ3v) is 3.24. The summed E-state index contributed by atoms with van der Waals surface area (Å²) in [4.78, 5) is 0. The van der Waals surface area contributed by atoms with Gasteiger partial charge in [-0.25, -0.2) is 0 Å². The number of benzene rings is 2. The van der Waals surface area contributed by atoms with Crippen LogP contribution in [-0.4, -0.2) is 5.33 Å². The first-order valence-corrected chi connectivity index (χ1v) is 7.04. The van der Waals surface area contributed by atoms with Gasteiger partial charge in [-0.15, -0.1) is 0 Å². The minimum absolute atomic E-state index is 0.597. The number of alkyl halides is 1. The van der Waals surface area contributed by atoms with E-state index in [0.29, 0.717) is 10.9 Å². The lowest BCUT2D eigenvalue weighted by Crippen LogP contribution is -2.04. The van der Waals surface area contributed by atoms with E-state index in [9.17, 15) is 5.26 Å². The zero-order valence-corrected chi connectivity index (χ0v) is 11.9. The number of halogens is 1. The lowest BCUT2D eigenvalue weighted by atomic mass is 10.1. The van der Waals surface area contributed by atoms with Crippen LogP contribution in [0, 0.1) is 11.3 Å². The number of nitrogens with one attached hydrogen (secondary N) is 1. The van der Waals surface area contributed by atoms with E-state index >= 15 is 0 Å². The molecule has 1 N–H and O–H groups in total. The summed E-state index contributed by atoms with van der Waals surface area (Å²) >= 11 is 3.44. The number of para-hydroxylation sites is 1. The quantitative estimate of drug-likeness (QED) is 0.669. The number of anilines is 1. The van der Waals surface area contributed by atoms with Crippen molar-refractivity contribution in [3.8, 4) is 6.07 Å². The molecule has 0 saturated heterocycles. The second kappa shape index (κ2) is 6.77. The average molecular weight is 313 g/mol. The highest BCUT2D eigenvalue weighted by Crippen LogP contribution is 2.21. The summed E-state index contributed by atoms with van der Waals surface area (Å²) in [5.41, 5.74) is 3.41. The molecule has 2 aromatic carbocycles. The predicted octanol–water partition coefficient (Wildman–Crippen LogP) is 4.43. The fraction of sp³-hybridized carbons (Fsp3) is 0.0625. The summed E-state index contributed by atoms with van der Waals surface area (Å²) in [5, 5.41) is 13.3. The summed E-state index contributed by atoms with van der Waals surface area (Å²) < 4.78 is 0. The van der Waals surface area contributed by atoms with Gasteiger partial charge in [0.2, 0.25) is 0 Å². The maximum Gasteiger partial charge on any atom is 0.102 e. The van der Waals surface area contributed by atoms with E-state index in [2.05, 4.69) is 27.3 Å². The Labute approximate surface area is 121 Å². The SMILES string of the molecule is N#CC(=C(CBr)Nc1ccccc1)c1ccccc1. The minimum Gasteiger partial charge on any atom is -0.357 e. The molecule has 0 spiro atoms. The van der Waals surface area contributed by atoms with Crippen molar-refractivity contribution in [1.82, 2.24) is 0 Å². The zero-order valence-electron chi connectivity index (χ0n) is 10.3. The van der Waals surface area contributed by atoms with Crippen LogP contribution in [0.15, 0.2) is 66.4 Å². The Balaban J connectivity index is 2.38. The van der Waals surface area contributed by atoms with E-state index in [1.54, 1.807) is 0 Å². The summed E-state index contributed by atoms with van der Waals surface area (Å²) in [6.07, 6.45) is 0. The van der Waals surface area contributed by atoms with Gasteiger partial charge in [-0.05, 0) is 17.7 Å². The van der Waals surface area contributed by atoms with Crippen molar-refractivity contribution in [3.05, 3.63) is 71.9 Å². The Morgan fingerprint density at radius 3 is 2.11 bits per heavy atom. The monoisotopic (exact) mass is 312 g/mol. The highest BCUT2D eigenvalue weighted by atomic mass is 79.9. The standard InChI is InChI=1S/C16H13BrN2/c17-11-16(19-14-9-5-2-6-10-14)15(12-18)13-7-3-1-4-8-13/h1-10,19H,11H2. The number of allylic oxidation sites excluding steroid dienone is 2. The summed E-state index contributed by atoms with van der Waals surface area (Å²) in [6.45, 7) is 0. The third-order valence-electron chi connectivity index (χ3n) is 2.68. The van der Waals surface area contributed by atoms with Crippen molar-refractivity contribution in [2.75, 3.05) is 10.6 Å². The Morgan fingerprint density at radius 2 is 1.58 bits per heavy atom. The van der Waals surface area contributed by atoms with E-state index in [0.717, 1.165) is 16.9 Å². The molecule has 19 heavy (non-hydrogen) atoms. The third kappa shape index (κ3) is 3.46. The van der Waals surface area contributed by atoms with Crippen LogP contribution in [0.1, 0.15) is 5.56 Å². The lowest BCUT2D eigenvalue weighted by molar-refractivity contribution is 1.39. The molecule has 94 valence electrons. The molecule has 3 heteroatoms. The fourth-order valence-corrected chi connectivity index (χ4v) is 2.19. The molecule has 0 atom stereocenters. The van der Waals surface area contributed by atoms with E-state index < -0.39 is 0 Å². The molecule has 0 fully saturated rings. The molecule has 0 aliphatic rings. The van der Waals surface area contributed by atoms with Crippen molar-refractivity contribution < 1.29 is 0 Å². The molecule has 0 bridgehead atoms. The van der Waals surface area contributed by atoms with Crippen LogP contribution in [0.2, 0.25) is 0 Å². The predicted molar refractivity (Wildman–Crippen MR) is 82.8 cm³/mol. The molecule has 0 aliphatic carbocycles. The van der Waals surface area contributed by atoms with Gasteiger partial charge in [0.25, 0.3) is 0 Å². The first-order valence-electron chi connectivity index (χ1n) is 5.92. The van der Waals surface area contributed by atoms with Crippen LogP contribution in [0.3, 0.4) is 0 Å². The molecule has 0 heterocycles. The summed E-state index contributed by atoms with van der Waals surface area (Å²) in [5.74, 6) is 0. The molecule has 0 aliphatic heterocycles. The van der Waals surface area contributed by atoms with Gasteiger partial charge in [0.15, 0.2) is 0 Å². The van der Waals surface area contributed by atoms with Crippen molar-refractivity contribution in [3.63, 3.8) is 0 Å². The largest absolute Gasteiger partial charge is 0.357 e. The van der Waals surface area contributed by atoms with Gasteiger partial charge >= 0.3 is 0 Å². The van der Waals surface area contributed by atoms with Crippen molar-refractivity contribution in [2.24, 2.45) is 0 Å². The van der Waals surface area contributed by atoms with Crippen LogP contribution in [0.5, 0.6) is 0 Å². The summed E-state index contributed by atoms with van der Waals surface area (Å²) in [6, 6.07) is 21.8. The van der Waals surface area contributed by atoms with Gasteiger partial charge in [0, 0.05) is 16.7 Å². The highest BCUT2D eigenvalue weighted by molar-refractivity contribution is 9.09. The molecule has 0 aromatic heterocycles. The molecular weight excluding hydrogens is 300 g/mol. The Kier molecular flexibility index (Phi) is 4.77. The van der Waals surface area contributed by atoms with E-state index in [-0.39, 0.29) is 0 Å². The molecular formula is C16H13BrN2. The van der Waals surface area contributed by atoms with Crippen molar-refractivity contribution in [1.29, 1.82) is 5.26 Å². The average Bonchev–Trinajstić information content (AvgIpc) is 2.49. The Bertz CT molecular complexity index is 598. The number of hydrogen-bond acceptors (Lipinski definition) is 2. The fourth-order valence-electron chi connectivity index (χ4n) is 1.77. The molecule has 0 unspecified atom stereocenters. The Morgan fingerprint density at radius 1 is 1.00 bits per heavy atom. The van der Waals surface area contributed by atoms with Crippen molar-refractivity contribution in [2.45, 2.75) is 0 Å². The van der Waals surface area contributed by atoms with Gasteiger partial charge in [-0.1, -0.05) is 64.5 Å². The van der Waals surface area contributed by atoms with Crippen LogP contribution < -0.4 is 5.32 Å². The molecule has 0 radical (unpaired) electrons. The maximum atomic E-state index is 9.39. The number of hydrogen-bond donors (Lipinski definition) is 1. The van der Waals surface area contributed by atoms with Gasteiger partial charge in [0.1, 0.15) is 6.07 Å². The molecule has 0 saturated carbocycles. The van der Waals surface area contributed by atoms with E-state index in [1.807, 2.05) is 60.7 Å². The smallest absolute Gasteiger partial charge is 0.102 e. The van der Waals surface area contributed by atoms with Gasteiger partial charge < -0.3 is 5.32 Å². The molecule has 2 aromatic rings. The van der Waals surface area contributed by atoms with E-state index in [4.69, 9.17) is 0 Å². The molecule has 2 rings (SSSR count). The van der Waals surface area contributed by atoms with Gasteiger partial charge in [0.05, 0.1) is 5.57 Å². The first-order chi connectivity index (χ1) is 9.35. The second-order valence-corrected chi connectivity index (χ2v) is 4.52. The first kappa shape index (κ1) is 13.4. The number of nitrogens with zero attached hydrogens (tertiary/aromatic N) is 1. The normalized spacial score (nSPS) is 11.4. The Hall–Kier alpha value is -2.05. The molecule has 2 nitrogen and oxygen atoms in total. The second-order valence-electron chi connectivity index (χ2n) is 3.96. The van der Waals surface area contributed by atoms with Crippen LogP contribution in [-0.2, 0) is 0 Å². The lowest BCUT2D eigenvalue weighted by Gasteiger charge is -2.11. The topological polar surface area (TPSA) is 35.8 Å². The van der Waals surface area contributed by atoms with E-state index in [1.165, 1.54) is 0 Å². The van der Waals surface area contributed by atoms with Crippen LogP contribution in [0.25, 0.3) is 5.57 Å². The molecule has 0 amide bonds. The zero-order chi connectivity index (χ0) is 13.5. The van der Waals surface area contributed by atoms with Crippen LogP contribution in [0.4, 0.5) is 5.69 Å². The minimum atomic E-state index is 0.597. The van der Waals surface area contributed by atoms with Gasteiger partial charge in [-0.2, -0.15) is 5.26 Å². The number of nitriles is 1. The number of rotatable bonds is 4. The van der Waals surface area contributed by atoms with Crippen LogP contribution >= 0.6 is 15.9 Å². The van der Waals surface area contributed by atoms with Crippen molar-refractivity contribution >= 4 is 27.2 Å². The van der Waals surface area contributed by atoms with Gasteiger partial charge in [-0.3, -0.25) is 0 Å². The summed E-state index contributed by atoms with van der Waals surface area (Å²) in [7, 11) is 0. The maximum absolute atomic E-state index is 9.39.